The average Bonchev–Trinajstić information content (AvgIpc) is 2.38. The Morgan fingerprint density at radius 3 is 2.65 bits per heavy atom. The van der Waals surface area contributed by atoms with Crippen molar-refractivity contribution >= 4 is 5.91 Å². The highest BCUT2D eigenvalue weighted by atomic mass is 16.5. The molecule has 2 atom stereocenters. The van der Waals surface area contributed by atoms with Crippen molar-refractivity contribution in [2.24, 2.45) is 5.73 Å². The third kappa shape index (κ3) is 3.38. The molecule has 0 spiro atoms. The second-order valence-electron chi connectivity index (χ2n) is 6.11. The summed E-state index contributed by atoms with van der Waals surface area (Å²) in [6.45, 7) is 7.60. The Kier molecular flexibility index (Phi) is 4.45. The quantitative estimate of drug-likeness (QED) is 0.915. The minimum absolute atomic E-state index is 0.0527. The Bertz CT molecular complexity index is 459. The number of amides is 1. The highest BCUT2D eigenvalue weighted by molar-refractivity contribution is 5.84. The van der Waals surface area contributed by atoms with Crippen molar-refractivity contribution in [3.05, 3.63) is 35.9 Å². The highest BCUT2D eigenvalue weighted by Gasteiger charge is 2.36. The average molecular weight is 276 g/mol. The molecule has 20 heavy (non-hydrogen) atoms. The monoisotopic (exact) mass is 276 g/mol. The first-order chi connectivity index (χ1) is 9.43. The number of hydrogen-bond donors (Lipinski definition) is 1. The molecule has 0 unspecified atom stereocenters. The molecule has 110 valence electrons. The molecule has 4 nitrogen and oxygen atoms in total. The maximum Gasteiger partial charge on any atom is 0.231 e. The van der Waals surface area contributed by atoms with E-state index in [1.54, 1.807) is 0 Å². The smallest absolute Gasteiger partial charge is 0.231 e. The molecule has 2 rings (SSSR count). The molecule has 0 aliphatic carbocycles. The lowest BCUT2D eigenvalue weighted by molar-refractivity contribution is -0.159. The predicted molar refractivity (Wildman–Crippen MR) is 79.4 cm³/mol. The Morgan fingerprint density at radius 2 is 2.10 bits per heavy atom. The number of carbonyl (C=O) groups is 1. The van der Waals surface area contributed by atoms with Gasteiger partial charge in [-0.15, -0.1) is 0 Å². The molecule has 0 aromatic heterocycles. The Balaban J connectivity index is 2.17. The van der Waals surface area contributed by atoms with Crippen LogP contribution in [0, 0.1) is 0 Å². The van der Waals surface area contributed by atoms with Gasteiger partial charge in [0.2, 0.25) is 5.91 Å². The summed E-state index contributed by atoms with van der Waals surface area (Å²) in [6, 6.07) is 9.75. The predicted octanol–water partition coefficient (Wildman–Crippen LogP) is 1.75. The first-order valence-electron chi connectivity index (χ1n) is 7.14. The van der Waals surface area contributed by atoms with E-state index in [0.29, 0.717) is 19.6 Å². The molecular weight excluding hydrogens is 252 g/mol. The second-order valence-corrected chi connectivity index (χ2v) is 6.11. The van der Waals surface area contributed by atoms with Gasteiger partial charge in [0.25, 0.3) is 0 Å². The van der Waals surface area contributed by atoms with Gasteiger partial charge in [0.15, 0.2) is 0 Å². The van der Waals surface area contributed by atoms with Crippen molar-refractivity contribution in [1.29, 1.82) is 0 Å². The van der Waals surface area contributed by atoms with Crippen LogP contribution < -0.4 is 5.73 Å². The van der Waals surface area contributed by atoms with Crippen LogP contribution >= 0.6 is 0 Å². The van der Waals surface area contributed by atoms with E-state index in [4.69, 9.17) is 10.5 Å². The van der Waals surface area contributed by atoms with Crippen LogP contribution in [0.1, 0.15) is 32.3 Å². The van der Waals surface area contributed by atoms with Gasteiger partial charge in [0.05, 0.1) is 17.6 Å². The fourth-order valence-corrected chi connectivity index (χ4v) is 2.91. The Hall–Kier alpha value is -1.39. The minimum Gasteiger partial charge on any atom is -0.369 e. The van der Waals surface area contributed by atoms with E-state index >= 15 is 0 Å². The van der Waals surface area contributed by atoms with Gasteiger partial charge in [-0.3, -0.25) is 4.79 Å². The molecule has 1 aliphatic heterocycles. The van der Waals surface area contributed by atoms with Gasteiger partial charge in [-0.25, -0.2) is 0 Å². The zero-order chi connectivity index (χ0) is 14.8. The van der Waals surface area contributed by atoms with Gasteiger partial charge >= 0.3 is 0 Å². The van der Waals surface area contributed by atoms with Gasteiger partial charge in [-0.2, -0.15) is 0 Å². The van der Waals surface area contributed by atoms with Crippen LogP contribution in [0.5, 0.6) is 0 Å². The third-order valence-electron chi connectivity index (χ3n) is 3.62. The van der Waals surface area contributed by atoms with Crippen LogP contribution in [0.15, 0.2) is 30.3 Å². The van der Waals surface area contributed by atoms with E-state index in [1.807, 2.05) is 56.0 Å². The van der Waals surface area contributed by atoms with Gasteiger partial charge in [-0.05, 0) is 26.3 Å². The molecule has 1 fully saturated rings. The third-order valence-corrected chi connectivity index (χ3v) is 3.62. The number of carbonyl (C=O) groups excluding carboxylic acids is 1. The fourth-order valence-electron chi connectivity index (χ4n) is 2.91. The molecule has 2 N–H and O–H groups in total. The second kappa shape index (κ2) is 5.94. The van der Waals surface area contributed by atoms with Crippen LogP contribution in [0.4, 0.5) is 0 Å². The van der Waals surface area contributed by atoms with E-state index in [9.17, 15) is 4.79 Å². The van der Waals surface area contributed by atoms with E-state index in [-0.39, 0.29) is 23.5 Å². The lowest BCUT2D eigenvalue weighted by atomic mass is 9.96. The molecule has 0 radical (unpaired) electrons. The molecule has 1 heterocycles. The molecular formula is C16H24N2O2. The SMILES string of the molecule is C[C@H]1CN(C(=O)[C@@H](CN)c2ccccc2)CC(C)(C)O1. The van der Waals surface area contributed by atoms with Crippen molar-refractivity contribution in [2.75, 3.05) is 19.6 Å². The lowest BCUT2D eigenvalue weighted by Gasteiger charge is -2.42. The highest BCUT2D eigenvalue weighted by Crippen LogP contribution is 2.25. The molecule has 1 aromatic carbocycles. The van der Waals surface area contributed by atoms with Crippen molar-refractivity contribution < 1.29 is 9.53 Å². The number of hydrogen-bond acceptors (Lipinski definition) is 3. The molecule has 4 heteroatoms. The lowest BCUT2D eigenvalue weighted by Crippen LogP contribution is -2.55. The topological polar surface area (TPSA) is 55.6 Å². The van der Waals surface area contributed by atoms with Crippen LogP contribution in [-0.2, 0) is 9.53 Å². The standard InChI is InChI=1S/C16H24N2O2/c1-12-10-18(11-16(2,3)20-12)15(19)14(9-17)13-7-5-4-6-8-13/h4-8,12,14H,9-11,17H2,1-3H3/t12-,14-/m0/s1. The molecule has 1 saturated heterocycles. The number of ether oxygens (including phenoxy) is 1. The largest absolute Gasteiger partial charge is 0.369 e. The summed E-state index contributed by atoms with van der Waals surface area (Å²) in [6.07, 6.45) is 0.0527. The Morgan fingerprint density at radius 1 is 1.45 bits per heavy atom. The van der Waals surface area contributed by atoms with E-state index in [2.05, 4.69) is 0 Å². The van der Waals surface area contributed by atoms with Crippen LogP contribution in [-0.4, -0.2) is 42.1 Å². The summed E-state index contributed by atoms with van der Waals surface area (Å²) in [4.78, 5) is 14.6. The molecule has 1 aromatic rings. The van der Waals surface area contributed by atoms with Gasteiger partial charge < -0.3 is 15.4 Å². The number of nitrogens with two attached hydrogens (primary N) is 1. The maximum atomic E-state index is 12.8. The molecule has 0 bridgehead atoms. The Labute approximate surface area is 120 Å². The van der Waals surface area contributed by atoms with E-state index in [0.717, 1.165) is 5.56 Å². The van der Waals surface area contributed by atoms with Crippen molar-refractivity contribution in [1.82, 2.24) is 4.90 Å². The van der Waals surface area contributed by atoms with Crippen molar-refractivity contribution in [3.8, 4) is 0 Å². The fraction of sp³-hybridized carbons (Fsp3) is 0.562. The summed E-state index contributed by atoms with van der Waals surface area (Å²) in [5.74, 6) is -0.167. The summed E-state index contributed by atoms with van der Waals surface area (Å²) in [5.41, 5.74) is 6.52. The van der Waals surface area contributed by atoms with Crippen molar-refractivity contribution in [2.45, 2.75) is 38.4 Å². The number of benzene rings is 1. The zero-order valence-corrected chi connectivity index (χ0v) is 12.5. The molecule has 1 amide bonds. The van der Waals surface area contributed by atoms with Crippen LogP contribution in [0.25, 0.3) is 0 Å². The van der Waals surface area contributed by atoms with Gasteiger partial charge in [0.1, 0.15) is 0 Å². The number of morpholine rings is 1. The summed E-state index contributed by atoms with van der Waals surface area (Å²) >= 11 is 0. The number of rotatable bonds is 3. The van der Waals surface area contributed by atoms with E-state index in [1.165, 1.54) is 0 Å². The first kappa shape index (κ1) is 15.0. The maximum absolute atomic E-state index is 12.8. The van der Waals surface area contributed by atoms with Gasteiger partial charge in [0, 0.05) is 19.6 Å². The van der Waals surface area contributed by atoms with E-state index < -0.39 is 0 Å². The van der Waals surface area contributed by atoms with Gasteiger partial charge in [-0.1, -0.05) is 30.3 Å². The summed E-state index contributed by atoms with van der Waals surface area (Å²) < 4.78 is 5.85. The van der Waals surface area contributed by atoms with Crippen LogP contribution in [0.3, 0.4) is 0 Å². The number of nitrogens with zero attached hydrogens (tertiary/aromatic N) is 1. The molecule has 0 saturated carbocycles. The molecule has 1 aliphatic rings. The summed E-state index contributed by atoms with van der Waals surface area (Å²) in [7, 11) is 0. The normalized spacial score (nSPS) is 23.4. The first-order valence-corrected chi connectivity index (χ1v) is 7.14. The summed E-state index contributed by atoms with van der Waals surface area (Å²) in [5, 5.41) is 0. The zero-order valence-electron chi connectivity index (χ0n) is 12.5. The van der Waals surface area contributed by atoms with Crippen LogP contribution in [0.2, 0.25) is 0 Å². The minimum atomic E-state index is -0.302. The van der Waals surface area contributed by atoms with Crippen molar-refractivity contribution in [3.63, 3.8) is 0 Å².